The quantitative estimate of drug-likeness (QED) is 0.229. The fourth-order valence-corrected chi connectivity index (χ4v) is 3.89. The Balaban J connectivity index is 1.60. The van der Waals surface area contributed by atoms with Gasteiger partial charge in [0, 0.05) is 26.2 Å². The molecule has 2 aromatic rings. The number of hydrogen-bond acceptors (Lipinski definition) is 2. The number of nitrogens with zero attached hydrogens (tertiary/aromatic N) is 2. The van der Waals surface area contributed by atoms with Crippen molar-refractivity contribution in [1.82, 2.24) is 9.80 Å². The van der Waals surface area contributed by atoms with Crippen molar-refractivity contribution >= 4 is 11.8 Å². The molecule has 0 aromatic heterocycles. The number of benzene rings is 2. The predicted molar refractivity (Wildman–Crippen MR) is 136 cm³/mol. The van der Waals surface area contributed by atoms with Crippen LogP contribution in [0.25, 0.3) is 0 Å². The Hall–Kier alpha value is -3.14. The third-order valence-electron chi connectivity index (χ3n) is 5.76. The molecule has 33 heavy (non-hydrogen) atoms. The van der Waals surface area contributed by atoms with Gasteiger partial charge in [-0.15, -0.1) is 0 Å². The van der Waals surface area contributed by atoms with E-state index in [4.69, 9.17) is 0 Å². The Morgan fingerprint density at radius 2 is 0.909 bits per heavy atom. The highest BCUT2D eigenvalue weighted by Crippen LogP contribution is 2.12. The lowest BCUT2D eigenvalue weighted by Crippen LogP contribution is -2.30. The van der Waals surface area contributed by atoms with E-state index in [1.165, 1.54) is 31.4 Å². The molecule has 4 nitrogen and oxygen atoms in total. The molecule has 0 N–H and O–H groups in total. The highest BCUT2D eigenvalue weighted by Gasteiger charge is 2.11. The minimum absolute atomic E-state index is 0.00650. The first kappa shape index (κ1) is 26.1. The Bertz CT molecular complexity index is 777. The van der Waals surface area contributed by atoms with Crippen LogP contribution in [0.3, 0.4) is 0 Å². The van der Waals surface area contributed by atoms with Crippen LogP contribution in [0.5, 0.6) is 0 Å². The Morgan fingerprint density at radius 3 is 1.24 bits per heavy atom. The summed E-state index contributed by atoms with van der Waals surface area (Å²) in [5.41, 5.74) is 2.29. The van der Waals surface area contributed by atoms with E-state index >= 15 is 0 Å². The average Bonchev–Trinajstić information content (AvgIpc) is 2.86. The van der Waals surface area contributed by atoms with Crippen LogP contribution in [0.2, 0.25) is 0 Å². The van der Waals surface area contributed by atoms with Crippen LogP contribution < -0.4 is 0 Å². The number of amides is 2. The lowest BCUT2D eigenvalue weighted by molar-refractivity contribution is -0.127. The maximum absolute atomic E-state index is 12.2. The lowest BCUT2D eigenvalue weighted by atomic mass is 10.1. The maximum atomic E-state index is 12.2. The van der Waals surface area contributed by atoms with Gasteiger partial charge in [-0.2, -0.15) is 0 Å². The molecule has 2 aromatic carbocycles. The van der Waals surface area contributed by atoms with E-state index in [1.807, 2.05) is 70.5 Å². The molecule has 2 amide bonds. The topological polar surface area (TPSA) is 40.6 Å². The molecule has 0 saturated heterocycles. The molecule has 0 heterocycles. The highest BCUT2D eigenvalue weighted by atomic mass is 16.2. The van der Waals surface area contributed by atoms with Crippen LogP contribution in [0.15, 0.2) is 86.0 Å². The Kier molecular flexibility index (Phi) is 12.4. The monoisotopic (exact) mass is 446 g/mol. The van der Waals surface area contributed by atoms with Crippen molar-refractivity contribution in [3.63, 3.8) is 0 Å². The van der Waals surface area contributed by atoms with E-state index in [1.54, 1.807) is 0 Å². The zero-order valence-electron chi connectivity index (χ0n) is 19.8. The molecule has 2 rings (SSSR count). The Labute approximate surface area is 199 Å². The van der Waals surface area contributed by atoms with E-state index in [9.17, 15) is 9.59 Å². The summed E-state index contributed by atoms with van der Waals surface area (Å²) in [4.78, 5) is 28.1. The second-order valence-electron chi connectivity index (χ2n) is 8.37. The third kappa shape index (κ3) is 10.3. The van der Waals surface area contributed by atoms with Gasteiger partial charge < -0.3 is 9.80 Å². The first-order chi connectivity index (χ1) is 16.1. The van der Waals surface area contributed by atoms with Gasteiger partial charge in [0.25, 0.3) is 0 Å². The molecule has 0 spiro atoms. The van der Waals surface area contributed by atoms with Crippen LogP contribution >= 0.6 is 0 Å². The molecule has 0 unspecified atom stereocenters. The lowest BCUT2D eigenvalue weighted by Gasteiger charge is -2.21. The number of carbonyl (C=O) groups is 2. The predicted octanol–water partition coefficient (Wildman–Crippen LogP) is 6.15. The van der Waals surface area contributed by atoms with Gasteiger partial charge >= 0.3 is 0 Å². The second kappa shape index (κ2) is 15.6. The molecule has 4 heteroatoms. The van der Waals surface area contributed by atoms with Gasteiger partial charge in [-0.1, -0.05) is 106 Å². The summed E-state index contributed by atoms with van der Waals surface area (Å²) in [6.07, 6.45) is 10.6. The summed E-state index contributed by atoms with van der Waals surface area (Å²) in [7, 11) is 0. The molecule has 0 bridgehead atoms. The van der Waals surface area contributed by atoms with Gasteiger partial charge in [0.1, 0.15) is 0 Å². The third-order valence-corrected chi connectivity index (χ3v) is 5.76. The van der Waals surface area contributed by atoms with Crippen molar-refractivity contribution in [2.45, 2.75) is 58.0 Å². The summed E-state index contributed by atoms with van der Waals surface area (Å²) < 4.78 is 0. The molecule has 0 saturated carbocycles. The van der Waals surface area contributed by atoms with Crippen molar-refractivity contribution in [2.24, 2.45) is 0 Å². The fraction of sp³-hybridized carbons (Fsp3) is 0.379. The van der Waals surface area contributed by atoms with Crippen molar-refractivity contribution in [1.29, 1.82) is 0 Å². The van der Waals surface area contributed by atoms with E-state index in [2.05, 4.69) is 13.2 Å². The van der Waals surface area contributed by atoms with Crippen LogP contribution in [0.1, 0.15) is 56.1 Å². The number of rotatable bonds is 16. The number of carbonyl (C=O) groups excluding carboxylic acids is 2. The SMILES string of the molecule is C=CC(=O)N(CCCCCCCCCN(Cc1ccccc1)C(=O)C=C)Cc1ccccc1. The molecule has 0 atom stereocenters. The van der Waals surface area contributed by atoms with E-state index in [0.717, 1.165) is 49.9 Å². The largest absolute Gasteiger partial charge is 0.335 e. The van der Waals surface area contributed by atoms with Crippen LogP contribution in [-0.4, -0.2) is 34.7 Å². The van der Waals surface area contributed by atoms with Crippen LogP contribution in [0.4, 0.5) is 0 Å². The minimum Gasteiger partial charge on any atom is -0.335 e. The van der Waals surface area contributed by atoms with Crippen LogP contribution in [-0.2, 0) is 22.7 Å². The van der Waals surface area contributed by atoms with Gasteiger partial charge in [0.05, 0.1) is 0 Å². The molecule has 0 aliphatic rings. The molecule has 0 aliphatic carbocycles. The summed E-state index contributed by atoms with van der Waals surface area (Å²) >= 11 is 0. The number of unbranched alkanes of at least 4 members (excludes halogenated alkanes) is 6. The van der Waals surface area contributed by atoms with Gasteiger partial charge in [-0.05, 0) is 36.1 Å². The van der Waals surface area contributed by atoms with Gasteiger partial charge in [-0.25, -0.2) is 0 Å². The van der Waals surface area contributed by atoms with Gasteiger partial charge in [0.2, 0.25) is 11.8 Å². The van der Waals surface area contributed by atoms with Crippen molar-refractivity contribution < 1.29 is 9.59 Å². The van der Waals surface area contributed by atoms with Gasteiger partial charge in [-0.3, -0.25) is 9.59 Å². The van der Waals surface area contributed by atoms with E-state index < -0.39 is 0 Å². The molecular weight excluding hydrogens is 408 g/mol. The standard InChI is InChI=1S/C29H38N2O2/c1-3-28(32)30(24-26-18-12-10-13-19-26)22-16-8-6-5-7-9-17-23-31(29(33)4-2)25-27-20-14-11-15-21-27/h3-4,10-15,18-21H,1-2,5-9,16-17,22-25H2. The summed E-state index contributed by atoms with van der Waals surface area (Å²) in [6.45, 7) is 10.1. The maximum Gasteiger partial charge on any atom is 0.246 e. The van der Waals surface area contributed by atoms with Crippen molar-refractivity contribution in [3.05, 3.63) is 97.1 Å². The summed E-state index contributed by atoms with van der Waals surface area (Å²) in [5, 5.41) is 0. The molecule has 176 valence electrons. The molecule has 0 fully saturated rings. The summed E-state index contributed by atoms with van der Waals surface area (Å²) in [5.74, 6) is -0.0130. The number of hydrogen-bond donors (Lipinski definition) is 0. The molecule has 0 aliphatic heterocycles. The molecular formula is C29H38N2O2. The van der Waals surface area contributed by atoms with E-state index in [-0.39, 0.29) is 11.8 Å². The molecule has 0 radical (unpaired) electrons. The van der Waals surface area contributed by atoms with Crippen molar-refractivity contribution in [2.75, 3.05) is 13.1 Å². The van der Waals surface area contributed by atoms with Crippen LogP contribution in [0, 0.1) is 0 Å². The second-order valence-corrected chi connectivity index (χ2v) is 8.37. The average molecular weight is 447 g/mol. The van der Waals surface area contributed by atoms with Gasteiger partial charge in [0.15, 0.2) is 0 Å². The fourth-order valence-electron chi connectivity index (χ4n) is 3.89. The van der Waals surface area contributed by atoms with E-state index in [0.29, 0.717) is 13.1 Å². The zero-order chi connectivity index (χ0) is 23.7. The summed E-state index contributed by atoms with van der Waals surface area (Å²) in [6, 6.07) is 20.2. The smallest absolute Gasteiger partial charge is 0.246 e. The highest BCUT2D eigenvalue weighted by molar-refractivity contribution is 5.87. The first-order valence-corrected chi connectivity index (χ1v) is 12.0. The first-order valence-electron chi connectivity index (χ1n) is 12.0. The normalized spacial score (nSPS) is 10.4. The van der Waals surface area contributed by atoms with Crippen molar-refractivity contribution in [3.8, 4) is 0 Å². The minimum atomic E-state index is -0.00650. The Morgan fingerprint density at radius 1 is 0.576 bits per heavy atom. The zero-order valence-corrected chi connectivity index (χ0v) is 19.8.